The van der Waals surface area contributed by atoms with Crippen LogP contribution in [0.15, 0.2) is 47.8 Å². The van der Waals surface area contributed by atoms with Crippen LogP contribution in [0, 0.1) is 0 Å². The molecule has 0 spiro atoms. The van der Waals surface area contributed by atoms with E-state index in [1.165, 1.54) is 10.4 Å². The molecule has 2 N–H and O–H groups in total. The second kappa shape index (κ2) is 7.82. The van der Waals surface area contributed by atoms with Crippen molar-refractivity contribution in [1.82, 2.24) is 10.6 Å². The van der Waals surface area contributed by atoms with Gasteiger partial charge < -0.3 is 10.6 Å². The van der Waals surface area contributed by atoms with Crippen molar-refractivity contribution >= 4 is 17.2 Å². The lowest BCUT2D eigenvalue weighted by Gasteiger charge is -2.18. The SMILES string of the molecule is CNCCC(=O)NC(Cc1ccccc1)c1cccs1. The summed E-state index contributed by atoms with van der Waals surface area (Å²) in [4.78, 5) is 13.2. The second-order valence-electron chi connectivity index (χ2n) is 4.68. The van der Waals surface area contributed by atoms with Gasteiger partial charge in [0.1, 0.15) is 0 Å². The van der Waals surface area contributed by atoms with E-state index in [0.717, 1.165) is 6.42 Å². The first kappa shape index (κ1) is 14.8. The number of hydrogen-bond acceptors (Lipinski definition) is 3. The maximum atomic E-state index is 12.0. The Morgan fingerprint density at radius 1 is 1.20 bits per heavy atom. The molecule has 1 unspecified atom stereocenters. The highest BCUT2D eigenvalue weighted by molar-refractivity contribution is 7.10. The van der Waals surface area contributed by atoms with Crippen LogP contribution in [0.5, 0.6) is 0 Å². The number of benzene rings is 1. The minimum Gasteiger partial charge on any atom is -0.348 e. The summed E-state index contributed by atoms with van der Waals surface area (Å²) in [5, 5.41) is 8.18. The van der Waals surface area contributed by atoms with E-state index >= 15 is 0 Å². The Morgan fingerprint density at radius 2 is 2.00 bits per heavy atom. The van der Waals surface area contributed by atoms with Crippen LogP contribution in [0.2, 0.25) is 0 Å². The maximum absolute atomic E-state index is 12.0. The van der Waals surface area contributed by atoms with E-state index in [4.69, 9.17) is 0 Å². The van der Waals surface area contributed by atoms with E-state index in [1.807, 2.05) is 36.7 Å². The fourth-order valence-electron chi connectivity index (χ4n) is 2.07. The topological polar surface area (TPSA) is 41.1 Å². The van der Waals surface area contributed by atoms with Crippen LogP contribution in [0.25, 0.3) is 0 Å². The lowest BCUT2D eigenvalue weighted by molar-refractivity contribution is -0.121. The predicted molar refractivity (Wildman–Crippen MR) is 83.9 cm³/mol. The minimum atomic E-state index is 0.0572. The van der Waals surface area contributed by atoms with Gasteiger partial charge in [0.25, 0.3) is 0 Å². The third-order valence-electron chi connectivity index (χ3n) is 3.11. The van der Waals surface area contributed by atoms with Crippen LogP contribution in [-0.2, 0) is 11.2 Å². The molecule has 2 rings (SSSR count). The molecule has 2 aromatic rings. The molecule has 1 atom stereocenters. The standard InChI is InChI=1S/C16H20N2OS/c1-17-10-9-16(19)18-14(15-8-5-11-20-15)12-13-6-3-2-4-7-13/h2-8,11,14,17H,9-10,12H2,1H3,(H,18,19). The van der Waals surface area contributed by atoms with E-state index in [-0.39, 0.29) is 11.9 Å². The van der Waals surface area contributed by atoms with Gasteiger partial charge in [0, 0.05) is 17.8 Å². The second-order valence-corrected chi connectivity index (χ2v) is 5.66. The van der Waals surface area contributed by atoms with Gasteiger partial charge in [-0.1, -0.05) is 36.4 Å². The van der Waals surface area contributed by atoms with Gasteiger partial charge in [0.2, 0.25) is 5.91 Å². The summed E-state index contributed by atoms with van der Waals surface area (Å²) < 4.78 is 0. The van der Waals surface area contributed by atoms with Gasteiger partial charge in [-0.3, -0.25) is 4.79 Å². The Hall–Kier alpha value is -1.65. The number of carbonyl (C=O) groups excluding carboxylic acids is 1. The van der Waals surface area contributed by atoms with Crippen LogP contribution in [0.1, 0.15) is 22.9 Å². The largest absolute Gasteiger partial charge is 0.348 e. The van der Waals surface area contributed by atoms with E-state index in [2.05, 4.69) is 28.8 Å². The lowest BCUT2D eigenvalue weighted by atomic mass is 10.0. The smallest absolute Gasteiger partial charge is 0.221 e. The van der Waals surface area contributed by atoms with Crippen molar-refractivity contribution in [3.8, 4) is 0 Å². The van der Waals surface area contributed by atoms with Gasteiger partial charge in [0.15, 0.2) is 0 Å². The molecule has 4 heteroatoms. The van der Waals surface area contributed by atoms with Crippen molar-refractivity contribution in [3.63, 3.8) is 0 Å². The van der Waals surface area contributed by atoms with Crippen molar-refractivity contribution in [2.75, 3.05) is 13.6 Å². The van der Waals surface area contributed by atoms with Gasteiger partial charge in [-0.2, -0.15) is 0 Å². The highest BCUT2D eigenvalue weighted by Crippen LogP contribution is 2.23. The molecule has 1 amide bonds. The molecule has 1 aromatic heterocycles. The molecule has 20 heavy (non-hydrogen) atoms. The third-order valence-corrected chi connectivity index (χ3v) is 4.09. The molecule has 0 aliphatic carbocycles. The summed E-state index contributed by atoms with van der Waals surface area (Å²) in [5.74, 6) is 0.0914. The Labute approximate surface area is 124 Å². The first-order chi connectivity index (χ1) is 9.79. The summed E-state index contributed by atoms with van der Waals surface area (Å²) in [6, 6.07) is 14.4. The quantitative estimate of drug-likeness (QED) is 0.822. The van der Waals surface area contributed by atoms with E-state index < -0.39 is 0 Å². The van der Waals surface area contributed by atoms with Crippen molar-refractivity contribution < 1.29 is 4.79 Å². The Bertz CT molecular complexity index is 511. The molecular weight excluding hydrogens is 268 g/mol. The minimum absolute atomic E-state index is 0.0572. The number of thiophene rings is 1. The van der Waals surface area contributed by atoms with Crippen molar-refractivity contribution in [2.24, 2.45) is 0 Å². The van der Waals surface area contributed by atoms with E-state index in [1.54, 1.807) is 11.3 Å². The Balaban J connectivity index is 2.04. The normalized spacial score (nSPS) is 12.1. The average molecular weight is 288 g/mol. The van der Waals surface area contributed by atoms with Crippen molar-refractivity contribution in [2.45, 2.75) is 18.9 Å². The summed E-state index contributed by atoms with van der Waals surface area (Å²) >= 11 is 1.69. The summed E-state index contributed by atoms with van der Waals surface area (Å²) in [6.07, 6.45) is 1.33. The molecule has 0 saturated carbocycles. The van der Waals surface area contributed by atoms with Gasteiger partial charge in [-0.05, 0) is 30.5 Å². The van der Waals surface area contributed by atoms with Crippen LogP contribution in [-0.4, -0.2) is 19.5 Å². The first-order valence-electron chi connectivity index (χ1n) is 6.81. The molecule has 1 heterocycles. The van der Waals surface area contributed by atoms with Crippen LogP contribution in [0.3, 0.4) is 0 Å². The highest BCUT2D eigenvalue weighted by atomic mass is 32.1. The van der Waals surface area contributed by atoms with Gasteiger partial charge in [0.05, 0.1) is 6.04 Å². The lowest BCUT2D eigenvalue weighted by Crippen LogP contribution is -2.31. The molecule has 0 aliphatic heterocycles. The fourth-order valence-corrected chi connectivity index (χ4v) is 2.85. The predicted octanol–water partition coefficient (Wildman–Crippen LogP) is 2.76. The molecule has 106 valence electrons. The Kier molecular flexibility index (Phi) is 5.77. The van der Waals surface area contributed by atoms with E-state index in [9.17, 15) is 4.79 Å². The van der Waals surface area contributed by atoms with Crippen molar-refractivity contribution in [3.05, 3.63) is 58.3 Å². The zero-order valence-corrected chi connectivity index (χ0v) is 12.5. The number of rotatable bonds is 7. The van der Waals surface area contributed by atoms with Crippen LogP contribution < -0.4 is 10.6 Å². The number of hydrogen-bond donors (Lipinski definition) is 2. The summed E-state index contributed by atoms with van der Waals surface area (Å²) in [6.45, 7) is 0.703. The number of carbonyl (C=O) groups is 1. The molecule has 0 fully saturated rings. The molecule has 0 saturated heterocycles. The van der Waals surface area contributed by atoms with Gasteiger partial charge >= 0.3 is 0 Å². The number of nitrogens with one attached hydrogen (secondary N) is 2. The zero-order chi connectivity index (χ0) is 14.2. The molecular formula is C16H20N2OS. The maximum Gasteiger partial charge on any atom is 0.221 e. The molecule has 0 radical (unpaired) electrons. The average Bonchev–Trinajstić information content (AvgIpc) is 3.00. The van der Waals surface area contributed by atoms with Crippen LogP contribution in [0.4, 0.5) is 0 Å². The highest BCUT2D eigenvalue weighted by Gasteiger charge is 2.15. The first-order valence-corrected chi connectivity index (χ1v) is 7.69. The third kappa shape index (κ3) is 4.47. The zero-order valence-electron chi connectivity index (χ0n) is 11.6. The van der Waals surface area contributed by atoms with Crippen LogP contribution >= 0.6 is 11.3 Å². The fraction of sp³-hybridized carbons (Fsp3) is 0.312. The number of amides is 1. The van der Waals surface area contributed by atoms with Crippen molar-refractivity contribution in [1.29, 1.82) is 0 Å². The van der Waals surface area contributed by atoms with E-state index in [0.29, 0.717) is 13.0 Å². The van der Waals surface area contributed by atoms with Gasteiger partial charge in [-0.25, -0.2) is 0 Å². The molecule has 0 bridgehead atoms. The Morgan fingerprint density at radius 3 is 2.65 bits per heavy atom. The summed E-state index contributed by atoms with van der Waals surface area (Å²) in [7, 11) is 1.86. The molecule has 3 nitrogen and oxygen atoms in total. The molecule has 1 aromatic carbocycles. The summed E-state index contributed by atoms with van der Waals surface area (Å²) in [5.41, 5.74) is 1.24. The monoisotopic (exact) mass is 288 g/mol. The molecule has 0 aliphatic rings. The van der Waals surface area contributed by atoms with Gasteiger partial charge in [-0.15, -0.1) is 11.3 Å².